The van der Waals surface area contributed by atoms with Gasteiger partial charge in [0.25, 0.3) is 0 Å². The van der Waals surface area contributed by atoms with Gasteiger partial charge in [-0.25, -0.2) is 5.43 Å². The van der Waals surface area contributed by atoms with Gasteiger partial charge in [0.05, 0.1) is 0 Å². The molecule has 70 valence electrons. The van der Waals surface area contributed by atoms with Crippen LogP contribution in [-0.2, 0) is 0 Å². The molecule has 0 aromatic heterocycles. The number of nitrogens with one attached hydrogen (secondary N) is 3. The quantitative estimate of drug-likeness (QED) is 0.258. The van der Waals surface area contributed by atoms with Crippen LogP contribution in [0.15, 0.2) is 4.99 Å². The molecule has 12 heavy (non-hydrogen) atoms. The van der Waals surface area contributed by atoms with E-state index in [1.54, 1.807) is 7.05 Å². The van der Waals surface area contributed by atoms with Crippen LogP contribution in [0.4, 0.5) is 0 Å². The number of hydrazine groups is 1. The molecule has 1 heterocycles. The fraction of sp³-hybridized carbons (Fsp3) is 0.857. The maximum atomic E-state index is 4.14. The molecule has 0 aromatic rings. The Morgan fingerprint density at radius 2 is 2.08 bits per heavy atom. The number of rotatable bonds is 1. The second-order valence-corrected chi connectivity index (χ2v) is 2.66. The van der Waals surface area contributed by atoms with Crippen molar-refractivity contribution in [2.75, 3.05) is 40.3 Å². The number of aliphatic imine (C=N–C) groups is 1. The topological polar surface area (TPSA) is 51.7 Å². The number of guanidine groups is 1. The van der Waals surface area contributed by atoms with Gasteiger partial charge in [-0.3, -0.25) is 10.4 Å². The van der Waals surface area contributed by atoms with Crippen molar-refractivity contribution >= 4 is 5.96 Å². The lowest BCUT2D eigenvalue weighted by Gasteiger charge is -2.30. The maximum Gasteiger partial charge on any atom is 0.208 e. The van der Waals surface area contributed by atoms with Crippen molar-refractivity contribution in [3.63, 3.8) is 0 Å². The molecular formula is C7H17N5. The Morgan fingerprint density at radius 3 is 2.58 bits per heavy atom. The van der Waals surface area contributed by atoms with Gasteiger partial charge in [-0.2, -0.15) is 0 Å². The lowest BCUT2D eigenvalue weighted by molar-refractivity contribution is 0.343. The lowest BCUT2D eigenvalue weighted by Crippen LogP contribution is -2.53. The van der Waals surface area contributed by atoms with Crippen molar-refractivity contribution in [3.05, 3.63) is 0 Å². The van der Waals surface area contributed by atoms with Crippen LogP contribution in [0.5, 0.6) is 0 Å². The molecule has 0 radical (unpaired) electrons. The molecule has 1 rings (SSSR count). The summed E-state index contributed by atoms with van der Waals surface area (Å²) >= 11 is 0. The molecular weight excluding hydrogens is 154 g/mol. The molecule has 1 aliphatic rings. The average Bonchev–Trinajstić information content (AvgIpc) is 2.15. The molecule has 0 atom stereocenters. The van der Waals surface area contributed by atoms with Crippen molar-refractivity contribution < 1.29 is 0 Å². The number of hydrogen-bond donors (Lipinski definition) is 3. The summed E-state index contributed by atoms with van der Waals surface area (Å²) in [6, 6.07) is 0. The molecule has 0 spiro atoms. The summed E-state index contributed by atoms with van der Waals surface area (Å²) in [6.07, 6.45) is 0. The molecule has 1 saturated heterocycles. The van der Waals surface area contributed by atoms with Gasteiger partial charge in [0.15, 0.2) is 0 Å². The summed E-state index contributed by atoms with van der Waals surface area (Å²) < 4.78 is 0. The maximum absolute atomic E-state index is 4.14. The number of piperazine rings is 1. The first-order valence-corrected chi connectivity index (χ1v) is 4.23. The highest BCUT2D eigenvalue weighted by Crippen LogP contribution is 1.91. The zero-order valence-electron chi connectivity index (χ0n) is 7.72. The Kier molecular flexibility index (Phi) is 3.83. The van der Waals surface area contributed by atoms with Crippen LogP contribution in [0.1, 0.15) is 0 Å². The minimum absolute atomic E-state index is 0.916. The zero-order valence-corrected chi connectivity index (χ0v) is 7.72. The summed E-state index contributed by atoms with van der Waals surface area (Å²) in [7, 11) is 3.63. The molecule has 1 fully saturated rings. The second kappa shape index (κ2) is 4.95. The van der Waals surface area contributed by atoms with Gasteiger partial charge < -0.3 is 10.2 Å². The summed E-state index contributed by atoms with van der Waals surface area (Å²) in [6.45, 7) is 4.09. The smallest absolute Gasteiger partial charge is 0.208 e. The largest absolute Gasteiger partial charge is 0.339 e. The van der Waals surface area contributed by atoms with Crippen LogP contribution in [0.2, 0.25) is 0 Å². The molecule has 0 aromatic carbocycles. The van der Waals surface area contributed by atoms with Crippen LogP contribution >= 0.6 is 0 Å². The molecule has 0 unspecified atom stereocenters. The van der Waals surface area contributed by atoms with E-state index in [2.05, 4.69) is 26.1 Å². The highest BCUT2D eigenvalue weighted by atomic mass is 15.5. The summed E-state index contributed by atoms with van der Waals surface area (Å²) in [5.74, 6) is 0.916. The number of hydrogen-bond acceptors (Lipinski definition) is 3. The Labute approximate surface area is 73.2 Å². The fourth-order valence-corrected chi connectivity index (χ4v) is 1.26. The Hall–Kier alpha value is -0.810. The SMILES string of the molecule is CN=C(NNC)N1CCNCC1. The highest BCUT2D eigenvalue weighted by Gasteiger charge is 2.12. The zero-order chi connectivity index (χ0) is 8.81. The average molecular weight is 171 g/mol. The van der Waals surface area contributed by atoms with E-state index >= 15 is 0 Å². The number of nitrogens with zero attached hydrogens (tertiary/aromatic N) is 2. The van der Waals surface area contributed by atoms with Gasteiger partial charge in [-0.1, -0.05) is 0 Å². The first kappa shape index (κ1) is 9.28. The van der Waals surface area contributed by atoms with E-state index in [1.165, 1.54) is 0 Å². The van der Waals surface area contributed by atoms with Crippen LogP contribution in [0, 0.1) is 0 Å². The van der Waals surface area contributed by atoms with E-state index in [4.69, 9.17) is 0 Å². The van der Waals surface area contributed by atoms with E-state index in [0.29, 0.717) is 0 Å². The Morgan fingerprint density at radius 1 is 1.42 bits per heavy atom. The fourth-order valence-electron chi connectivity index (χ4n) is 1.26. The third kappa shape index (κ3) is 2.35. The first-order valence-electron chi connectivity index (χ1n) is 4.23. The summed E-state index contributed by atoms with van der Waals surface area (Å²) in [5, 5.41) is 3.29. The van der Waals surface area contributed by atoms with Crippen LogP contribution in [-0.4, -0.2) is 51.1 Å². The summed E-state index contributed by atoms with van der Waals surface area (Å²) in [4.78, 5) is 6.36. The third-order valence-electron chi connectivity index (χ3n) is 1.87. The Balaban J connectivity index is 2.41. The first-order chi connectivity index (χ1) is 5.88. The van der Waals surface area contributed by atoms with E-state index in [1.807, 2.05) is 7.05 Å². The van der Waals surface area contributed by atoms with Crippen LogP contribution < -0.4 is 16.2 Å². The van der Waals surface area contributed by atoms with Gasteiger partial charge in [-0.15, -0.1) is 0 Å². The van der Waals surface area contributed by atoms with Crippen molar-refractivity contribution in [2.45, 2.75) is 0 Å². The van der Waals surface area contributed by atoms with E-state index < -0.39 is 0 Å². The van der Waals surface area contributed by atoms with Crippen molar-refractivity contribution in [1.82, 2.24) is 21.1 Å². The van der Waals surface area contributed by atoms with Crippen molar-refractivity contribution in [3.8, 4) is 0 Å². The van der Waals surface area contributed by atoms with Crippen molar-refractivity contribution in [2.24, 2.45) is 4.99 Å². The van der Waals surface area contributed by atoms with Gasteiger partial charge in [0.1, 0.15) is 0 Å². The predicted molar refractivity (Wildman–Crippen MR) is 50.0 cm³/mol. The lowest BCUT2D eigenvalue weighted by atomic mass is 10.4. The molecule has 0 saturated carbocycles. The third-order valence-corrected chi connectivity index (χ3v) is 1.87. The van der Waals surface area contributed by atoms with Gasteiger partial charge in [-0.05, 0) is 0 Å². The van der Waals surface area contributed by atoms with E-state index in [0.717, 1.165) is 32.1 Å². The van der Waals surface area contributed by atoms with Crippen LogP contribution in [0.25, 0.3) is 0 Å². The van der Waals surface area contributed by atoms with Gasteiger partial charge in [0, 0.05) is 40.3 Å². The highest BCUT2D eigenvalue weighted by molar-refractivity contribution is 5.79. The molecule has 5 nitrogen and oxygen atoms in total. The van der Waals surface area contributed by atoms with Crippen molar-refractivity contribution in [1.29, 1.82) is 0 Å². The summed E-state index contributed by atoms with van der Waals surface area (Å²) in [5.41, 5.74) is 5.87. The molecule has 3 N–H and O–H groups in total. The Bertz CT molecular complexity index is 150. The molecule has 0 aliphatic carbocycles. The normalized spacial score (nSPS) is 19.5. The molecule has 5 heteroatoms. The second-order valence-electron chi connectivity index (χ2n) is 2.66. The predicted octanol–water partition coefficient (Wildman–Crippen LogP) is -1.40. The standard InChI is InChI=1S/C7H17N5/c1-8-7(11-9-2)12-5-3-10-4-6-12/h9-10H,3-6H2,1-2H3,(H,8,11). The molecule has 1 aliphatic heterocycles. The molecule has 0 amide bonds. The van der Waals surface area contributed by atoms with Crippen LogP contribution in [0.3, 0.4) is 0 Å². The monoisotopic (exact) mass is 171 g/mol. The van der Waals surface area contributed by atoms with E-state index in [9.17, 15) is 0 Å². The molecule has 0 bridgehead atoms. The minimum atomic E-state index is 0.916. The van der Waals surface area contributed by atoms with Gasteiger partial charge >= 0.3 is 0 Å². The minimum Gasteiger partial charge on any atom is -0.339 e. The van der Waals surface area contributed by atoms with Gasteiger partial charge in [0.2, 0.25) is 5.96 Å². The van der Waals surface area contributed by atoms with E-state index in [-0.39, 0.29) is 0 Å².